The number of nitrogens with zero attached hydrogens (tertiary/aromatic N) is 3. The number of thioether (sulfide) groups is 1. The SMILES string of the molecule is O=S(=O)(c1cccc(-c2nnc(SCCOc3ccc(Cl)cc3)o2)c1)N1CCOCC1. The summed E-state index contributed by atoms with van der Waals surface area (Å²) < 4.78 is 43.7. The highest BCUT2D eigenvalue weighted by atomic mass is 35.5. The summed E-state index contributed by atoms with van der Waals surface area (Å²) in [6, 6.07) is 13.7. The molecule has 4 rings (SSSR count). The molecule has 1 saturated heterocycles. The molecule has 0 amide bonds. The molecule has 1 aromatic heterocycles. The van der Waals surface area contributed by atoms with Gasteiger partial charge in [-0.05, 0) is 42.5 Å². The normalized spacial score (nSPS) is 15.1. The predicted molar refractivity (Wildman–Crippen MR) is 117 cm³/mol. The Kier molecular flexibility index (Phi) is 7.13. The van der Waals surface area contributed by atoms with E-state index in [1.165, 1.54) is 16.1 Å². The van der Waals surface area contributed by atoms with Gasteiger partial charge in [-0.15, -0.1) is 10.2 Å². The third kappa shape index (κ3) is 5.58. The number of ether oxygens (including phenoxy) is 2. The van der Waals surface area contributed by atoms with Gasteiger partial charge in [-0.25, -0.2) is 8.42 Å². The number of halogens is 1. The van der Waals surface area contributed by atoms with Crippen LogP contribution in [0.5, 0.6) is 5.75 Å². The Labute approximate surface area is 189 Å². The molecule has 0 N–H and O–H groups in total. The van der Waals surface area contributed by atoms with Gasteiger partial charge in [0.2, 0.25) is 15.9 Å². The van der Waals surface area contributed by atoms with E-state index in [0.717, 1.165) is 5.75 Å². The summed E-state index contributed by atoms with van der Waals surface area (Å²) in [6.07, 6.45) is 0. The van der Waals surface area contributed by atoms with Crippen LogP contribution in [0, 0.1) is 0 Å². The number of sulfonamides is 1. The molecule has 1 aliphatic heterocycles. The summed E-state index contributed by atoms with van der Waals surface area (Å²) in [4.78, 5) is 0.190. The Hall–Kier alpha value is -2.11. The standard InChI is InChI=1S/C20H20ClN3O5S2/c21-16-4-6-17(7-5-16)28-12-13-30-20-23-22-19(29-20)15-2-1-3-18(14-15)31(25,26)24-8-10-27-11-9-24/h1-7,14H,8-13H2. The molecule has 0 saturated carbocycles. The van der Waals surface area contributed by atoms with E-state index in [2.05, 4.69) is 10.2 Å². The molecule has 0 bridgehead atoms. The average molecular weight is 482 g/mol. The van der Waals surface area contributed by atoms with E-state index < -0.39 is 10.0 Å². The second-order valence-electron chi connectivity index (χ2n) is 6.57. The molecule has 0 radical (unpaired) electrons. The third-order valence-electron chi connectivity index (χ3n) is 4.49. The van der Waals surface area contributed by atoms with Gasteiger partial charge in [0.25, 0.3) is 5.22 Å². The molecule has 8 nitrogen and oxygen atoms in total. The maximum Gasteiger partial charge on any atom is 0.276 e. The van der Waals surface area contributed by atoms with E-state index in [0.29, 0.717) is 54.5 Å². The van der Waals surface area contributed by atoms with Crippen LogP contribution in [0.3, 0.4) is 0 Å². The van der Waals surface area contributed by atoms with Crippen LogP contribution in [0.15, 0.2) is 63.1 Å². The molecule has 2 heterocycles. The van der Waals surface area contributed by atoms with Crippen molar-refractivity contribution >= 4 is 33.4 Å². The molecular weight excluding hydrogens is 462 g/mol. The molecule has 1 aliphatic rings. The van der Waals surface area contributed by atoms with Crippen LogP contribution in [0.25, 0.3) is 11.5 Å². The number of hydrogen-bond donors (Lipinski definition) is 0. The van der Waals surface area contributed by atoms with E-state index in [-0.39, 0.29) is 10.8 Å². The monoisotopic (exact) mass is 481 g/mol. The first kappa shape index (κ1) is 22.1. The predicted octanol–water partition coefficient (Wildman–Crippen LogP) is 3.58. The minimum absolute atomic E-state index is 0.190. The van der Waals surface area contributed by atoms with E-state index in [9.17, 15) is 8.42 Å². The molecule has 1 fully saturated rings. The van der Waals surface area contributed by atoms with Gasteiger partial charge < -0.3 is 13.9 Å². The van der Waals surface area contributed by atoms with Crippen molar-refractivity contribution in [3.63, 3.8) is 0 Å². The van der Waals surface area contributed by atoms with Gasteiger partial charge in [-0.3, -0.25) is 0 Å². The molecule has 0 atom stereocenters. The number of benzene rings is 2. The Morgan fingerprint density at radius 1 is 1.10 bits per heavy atom. The van der Waals surface area contributed by atoms with Gasteiger partial charge in [-0.2, -0.15) is 4.31 Å². The van der Waals surface area contributed by atoms with Crippen molar-refractivity contribution in [3.8, 4) is 17.2 Å². The molecule has 3 aromatic rings. The zero-order chi connectivity index (χ0) is 21.7. The lowest BCUT2D eigenvalue weighted by Crippen LogP contribution is -2.40. The first-order valence-electron chi connectivity index (χ1n) is 9.55. The van der Waals surface area contributed by atoms with Crippen LogP contribution in [-0.2, 0) is 14.8 Å². The highest BCUT2D eigenvalue weighted by molar-refractivity contribution is 7.99. The highest BCUT2D eigenvalue weighted by Crippen LogP contribution is 2.26. The van der Waals surface area contributed by atoms with Crippen LogP contribution in [-0.4, -0.2) is 61.6 Å². The van der Waals surface area contributed by atoms with Crippen LogP contribution >= 0.6 is 23.4 Å². The average Bonchev–Trinajstić information content (AvgIpc) is 3.28. The quantitative estimate of drug-likeness (QED) is 0.356. The maximum absolute atomic E-state index is 12.9. The van der Waals surface area contributed by atoms with Crippen LogP contribution < -0.4 is 4.74 Å². The van der Waals surface area contributed by atoms with Crippen LogP contribution in [0.4, 0.5) is 0 Å². The second-order valence-corrected chi connectivity index (χ2v) is 9.99. The first-order chi connectivity index (χ1) is 15.0. The van der Waals surface area contributed by atoms with Crippen LogP contribution in [0.2, 0.25) is 5.02 Å². The highest BCUT2D eigenvalue weighted by Gasteiger charge is 2.26. The van der Waals surface area contributed by atoms with Crippen molar-refractivity contribution in [3.05, 3.63) is 53.6 Å². The van der Waals surface area contributed by atoms with Gasteiger partial charge in [-0.1, -0.05) is 29.4 Å². The van der Waals surface area contributed by atoms with Gasteiger partial charge in [0.05, 0.1) is 24.7 Å². The Morgan fingerprint density at radius 3 is 2.65 bits per heavy atom. The van der Waals surface area contributed by atoms with Gasteiger partial charge >= 0.3 is 0 Å². The van der Waals surface area contributed by atoms with Crippen LogP contribution in [0.1, 0.15) is 0 Å². The fourth-order valence-corrected chi connectivity index (χ4v) is 5.09. The van der Waals surface area contributed by atoms with Crippen molar-refractivity contribution < 1.29 is 22.3 Å². The largest absolute Gasteiger partial charge is 0.493 e. The first-order valence-corrected chi connectivity index (χ1v) is 12.4. The van der Waals surface area contributed by atoms with Gasteiger partial charge in [0, 0.05) is 29.4 Å². The zero-order valence-corrected chi connectivity index (χ0v) is 18.8. The van der Waals surface area contributed by atoms with Gasteiger partial charge in [0.1, 0.15) is 5.75 Å². The summed E-state index contributed by atoms with van der Waals surface area (Å²) in [5.74, 6) is 1.60. The summed E-state index contributed by atoms with van der Waals surface area (Å²) in [5, 5.41) is 9.11. The van der Waals surface area contributed by atoms with E-state index >= 15 is 0 Å². The maximum atomic E-state index is 12.9. The molecule has 0 spiro atoms. The number of aromatic nitrogens is 2. The second kappa shape index (κ2) is 10.0. The van der Waals surface area contributed by atoms with E-state index in [1.54, 1.807) is 48.5 Å². The van der Waals surface area contributed by atoms with Crippen molar-refractivity contribution in [2.45, 2.75) is 10.1 Å². The number of rotatable bonds is 8. The minimum atomic E-state index is -3.60. The van der Waals surface area contributed by atoms with E-state index in [4.69, 9.17) is 25.5 Å². The fourth-order valence-electron chi connectivity index (χ4n) is 2.93. The smallest absolute Gasteiger partial charge is 0.276 e. The molecule has 31 heavy (non-hydrogen) atoms. The number of hydrogen-bond acceptors (Lipinski definition) is 8. The fraction of sp³-hybridized carbons (Fsp3) is 0.300. The lowest BCUT2D eigenvalue weighted by molar-refractivity contribution is 0.0730. The van der Waals surface area contributed by atoms with Gasteiger partial charge in [0.15, 0.2) is 0 Å². The molecule has 164 valence electrons. The minimum Gasteiger partial charge on any atom is -0.493 e. The summed E-state index contributed by atoms with van der Waals surface area (Å²) >= 11 is 7.21. The Morgan fingerprint density at radius 2 is 1.87 bits per heavy atom. The lowest BCUT2D eigenvalue weighted by atomic mass is 10.2. The number of morpholine rings is 1. The molecule has 11 heteroatoms. The molecular formula is C20H20ClN3O5S2. The van der Waals surface area contributed by atoms with Crippen molar-refractivity contribution in [2.75, 3.05) is 38.7 Å². The Balaban J connectivity index is 1.37. The van der Waals surface area contributed by atoms with Crippen molar-refractivity contribution in [1.82, 2.24) is 14.5 Å². The zero-order valence-electron chi connectivity index (χ0n) is 16.4. The Bertz CT molecular complexity index is 1120. The van der Waals surface area contributed by atoms with Crippen molar-refractivity contribution in [1.29, 1.82) is 0 Å². The molecule has 0 unspecified atom stereocenters. The summed E-state index contributed by atoms with van der Waals surface area (Å²) in [5.41, 5.74) is 0.547. The summed E-state index contributed by atoms with van der Waals surface area (Å²) in [6.45, 7) is 1.92. The lowest BCUT2D eigenvalue weighted by Gasteiger charge is -2.26. The van der Waals surface area contributed by atoms with Crippen molar-refractivity contribution in [2.24, 2.45) is 0 Å². The summed E-state index contributed by atoms with van der Waals surface area (Å²) in [7, 11) is -3.60. The van der Waals surface area contributed by atoms with E-state index in [1.807, 2.05) is 0 Å². The molecule has 0 aliphatic carbocycles. The molecule has 2 aromatic carbocycles. The topological polar surface area (TPSA) is 94.8 Å². The third-order valence-corrected chi connectivity index (χ3v) is 7.42.